The molecular formula is C50H51NO. The third-order valence-corrected chi connectivity index (χ3v) is 11.2. The minimum atomic E-state index is -0.350. The van der Waals surface area contributed by atoms with E-state index in [1.807, 2.05) is 12.1 Å². The van der Waals surface area contributed by atoms with Crippen LogP contribution in [-0.4, -0.2) is 0 Å². The molecule has 7 rings (SSSR count). The summed E-state index contributed by atoms with van der Waals surface area (Å²) < 4.78 is 6.56. The van der Waals surface area contributed by atoms with E-state index in [1.54, 1.807) is 0 Å². The van der Waals surface area contributed by atoms with Crippen LogP contribution in [0.1, 0.15) is 70.7 Å². The lowest BCUT2D eigenvalue weighted by atomic mass is 9.48. The van der Waals surface area contributed by atoms with Gasteiger partial charge in [-0.25, -0.2) is 0 Å². The van der Waals surface area contributed by atoms with E-state index in [1.165, 1.54) is 49.7 Å². The lowest BCUT2D eigenvalue weighted by Crippen LogP contribution is -2.51. The lowest BCUT2D eigenvalue weighted by Gasteiger charge is -2.55. The molecule has 1 aromatic heterocycles. The molecule has 6 aromatic rings. The highest BCUT2D eigenvalue weighted by Crippen LogP contribution is 2.66. The van der Waals surface area contributed by atoms with E-state index in [0.29, 0.717) is 0 Å². The van der Waals surface area contributed by atoms with Gasteiger partial charge in [-0.2, -0.15) is 0 Å². The van der Waals surface area contributed by atoms with Crippen LogP contribution in [0.5, 0.6) is 0 Å². The molecule has 0 radical (unpaired) electrons. The summed E-state index contributed by atoms with van der Waals surface area (Å²) in [5, 5.41) is 4.79. The van der Waals surface area contributed by atoms with Crippen molar-refractivity contribution in [3.05, 3.63) is 174 Å². The van der Waals surface area contributed by atoms with Crippen molar-refractivity contribution in [2.75, 3.05) is 4.90 Å². The van der Waals surface area contributed by atoms with E-state index >= 15 is 0 Å². The SMILES string of the molecule is C=CC1=C(C(/C=C\C(=C)N(c2ccc(C)cc2)c2cccc3c2oc2ccccc23)=C/C)C(C(C)(C)C)(C(C)(C)C)c2c1ccc1cc(C)ccc21. The first-order valence-electron chi connectivity index (χ1n) is 18.4. The normalized spacial score (nSPS) is 14.9. The van der Waals surface area contributed by atoms with Crippen molar-refractivity contribution in [1.82, 2.24) is 0 Å². The van der Waals surface area contributed by atoms with Crippen molar-refractivity contribution >= 4 is 49.7 Å². The van der Waals surface area contributed by atoms with Crippen molar-refractivity contribution < 1.29 is 4.42 Å². The molecule has 0 aliphatic heterocycles. The summed E-state index contributed by atoms with van der Waals surface area (Å²) in [5.41, 5.74) is 12.7. The Morgan fingerprint density at radius 1 is 0.731 bits per heavy atom. The van der Waals surface area contributed by atoms with E-state index in [0.717, 1.165) is 39.0 Å². The summed E-state index contributed by atoms with van der Waals surface area (Å²) >= 11 is 0. The van der Waals surface area contributed by atoms with Crippen molar-refractivity contribution in [2.45, 2.75) is 67.7 Å². The monoisotopic (exact) mass is 681 g/mol. The van der Waals surface area contributed by atoms with E-state index < -0.39 is 0 Å². The Hall–Kier alpha value is -5.34. The van der Waals surface area contributed by atoms with Gasteiger partial charge >= 0.3 is 0 Å². The summed E-state index contributed by atoms with van der Waals surface area (Å²) in [4.78, 5) is 2.22. The predicted octanol–water partition coefficient (Wildman–Crippen LogP) is 14.5. The van der Waals surface area contributed by atoms with Gasteiger partial charge in [0.25, 0.3) is 0 Å². The molecule has 1 aliphatic carbocycles. The van der Waals surface area contributed by atoms with Gasteiger partial charge in [0.15, 0.2) is 5.58 Å². The van der Waals surface area contributed by atoms with Crippen LogP contribution in [0, 0.1) is 24.7 Å². The average molecular weight is 682 g/mol. The first kappa shape index (κ1) is 35.1. The third-order valence-electron chi connectivity index (χ3n) is 11.2. The molecule has 0 saturated carbocycles. The van der Waals surface area contributed by atoms with Crippen molar-refractivity contribution in [1.29, 1.82) is 0 Å². The number of hydrogen-bond donors (Lipinski definition) is 0. The standard InChI is InChI=1S/C50H51NO/c1-12-35(45-38(13-2)41-30-26-36-31-33(4)23-29-39(36)46(41)50(45,48(6,7)8)49(9,10)11)25-24-34(5)51(37-27-21-32(3)22-28-37)43-19-16-18-42-40-17-14-15-20-44(40)52-47(42)43/h12-31H,2,5H2,1,3-4,6-11H3/b25-24-,35-12+. The topological polar surface area (TPSA) is 16.4 Å². The number of nitrogens with zero attached hydrogens (tertiary/aromatic N) is 1. The highest BCUT2D eigenvalue weighted by atomic mass is 16.3. The molecule has 0 saturated heterocycles. The number of rotatable bonds is 7. The zero-order chi connectivity index (χ0) is 37.2. The molecular weight excluding hydrogens is 631 g/mol. The molecule has 0 spiro atoms. The van der Waals surface area contributed by atoms with Gasteiger partial charge in [-0.05, 0) is 101 Å². The fourth-order valence-corrected chi connectivity index (χ4v) is 9.39. The number of para-hydroxylation sites is 2. The largest absolute Gasteiger partial charge is 0.454 e. The second-order valence-electron chi connectivity index (χ2n) is 16.4. The summed E-state index contributed by atoms with van der Waals surface area (Å²) in [5.74, 6) is 0. The van der Waals surface area contributed by atoms with E-state index in [9.17, 15) is 0 Å². The molecule has 52 heavy (non-hydrogen) atoms. The Kier molecular flexibility index (Phi) is 8.57. The van der Waals surface area contributed by atoms with Crippen LogP contribution in [-0.2, 0) is 5.41 Å². The zero-order valence-corrected chi connectivity index (χ0v) is 32.3. The molecule has 0 amide bonds. The van der Waals surface area contributed by atoms with Gasteiger partial charge in [-0.3, -0.25) is 0 Å². The van der Waals surface area contributed by atoms with Gasteiger partial charge in [0.05, 0.1) is 5.69 Å². The van der Waals surface area contributed by atoms with Gasteiger partial charge < -0.3 is 9.32 Å². The molecule has 0 unspecified atom stereocenters. The zero-order valence-electron chi connectivity index (χ0n) is 32.3. The molecule has 0 fully saturated rings. The predicted molar refractivity (Wildman–Crippen MR) is 225 cm³/mol. The van der Waals surface area contributed by atoms with Crippen LogP contribution >= 0.6 is 0 Å². The van der Waals surface area contributed by atoms with Crippen LogP contribution in [0.2, 0.25) is 0 Å². The Labute approximate surface area is 310 Å². The van der Waals surface area contributed by atoms with Crippen LogP contribution in [0.15, 0.2) is 156 Å². The Balaban J connectivity index is 1.42. The molecule has 262 valence electrons. The van der Waals surface area contributed by atoms with Crippen molar-refractivity contribution in [3.63, 3.8) is 0 Å². The first-order valence-corrected chi connectivity index (χ1v) is 18.4. The molecule has 0 N–H and O–H groups in total. The highest BCUT2D eigenvalue weighted by molar-refractivity contribution is 6.10. The molecule has 1 heterocycles. The fourth-order valence-electron chi connectivity index (χ4n) is 9.39. The van der Waals surface area contributed by atoms with Gasteiger partial charge in [-0.1, -0.05) is 157 Å². The molecule has 0 bridgehead atoms. The number of hydrogen-bond acceptors (Lipinski definition) is 2. The second kappa shape index (κ2) is 12.7. The Morgan fingerprint density at radius 2 is 1.40 bits per heavy atom. The number of anilines is 2. The number of aryl methyl sites for hydroxylation is 2. The Morgan fingerprint density at radius 3 is 2.08 bits per heavy atom. The maximum Gasteiger partial charge on any atom is 0.159 e. The molecule has 1 aliphatic rings. The van der Waals surface area contributed by atoms with Crippen molar-refractivity contribution in [2.24, 2.45) is 10.8 Å². The van der Waals surface area contributed by atoms with Crippen LogP contribution in [0.3, 0.4) is 0 Å². The molecule has 0 atom stereocenters. The number of furan rings is 1. The van der Waals surface area contributed by atoms with E-state index in [-0.39, 0.29) is 16.2 Å². The lowest BCUT2D eigenvalue weighted by molar-refractivity contribution is 0.0938. The van der Waals surface area contributed by atoms with Gasteiger partial charge in [-0.15, -0.1) is 0 Å². The smallest absolute Gasteiger partial charge is 0.159 e. The second-order valence-corrected chi connectivity index (χ2v) is 16.4. The summed E-state index contributed by atoms with van der Waals surface area (Å²) in [6.07, 6.45) is 8.79. The van der Waals surface area contributed by atoms with Gasteiger partial charge in [0.1, 0.15) is 5.58 Å². The summed E-state index contributed by atoms with van der Waals surface area (Å²) in [6.45, 7) is 30.1. The molecule has 2 nitrogen and oxygen atoms in total. The first-order chi connectivity index (χ1) is 24.7. The average Bonchev–Trinajstić information content (AvgIpc) is 3.64. The summed E-state index contributed by atoms with van der Waals surface area (Å²) in [6, 6.07) is 34.8. The van der Waals surface area contributed by atoms with E-state index in [2.05, 4.69) is 183 Å². The molecule has 2 heteroatoms. The third kappa shape index (κ3) is 5.31. The minimum Gasteiger partial charge on any atom is -0.454 e. The Bertz CT molecular complexity index is 2470. The van der Waals surface area contributed by atoms with Crippen LogP contribution in [0.4, 0.5) is 11.4 Å². The minimum absolute atomic E-state index is 0.150. The fraction of sp³-hybridized carbons (Fsp3) is 0.240. The van der Waals surface area contributed by atoms with Crippen molar-refractivity contribution in [3.8, 4) is 0 Å². The highest BCUT2D eigenvalue weighted by Gasteiger charge is 2.59. The molecule has 5 aromatic carbocycles. The van der Waals surface area contributed by atoms with Gasteiger partial charge in [0.2, 0.25) is 0 Å². The van der Waals surface area contributed by atoms with Crippen LogP contribution in [0.25, 0.3) is 38.3 Å². The summed E-state index contributed by atoms with van der Waals surface area (Å²) in [7, 11) is 0. The van der Waals surface area contributed by atoms with E-state index in [4.69, 9.17) is 11.0 Å². The number of fused-ring (bicyclic) bond motifs is 6. The number of benzene rings is 5. The maximum absolute atomic E-state index is 6.56. The van der Waals surface area contributed by atoms with Gasteiger partial charge in [0, 0.05) is 27.6 Å². The van der Waals surface area contributed by atoms with Crippen LogP contribution < -0.4 is 4.90 Å². The quantitative estimate of drug-likeness (QED) is 0.156. The number of allylic oxidation sites excluding steroid dienone is 7. The maximum atomic E-state index is 6.56.